The van der Waals surface area contributed by atoms with Gasteiger partial charge in [0, 0.05) is 31.1 Å². The van der Waals surface area contributed by atoms with E-state index >= 15 is 0 Å². The molecule has 1 atom stereocenters. The first-order valence-electron chi connectivity index (χ1n) is 7.22. The summed E-state index contributed by atoms with van der Waals surface area (Å²) >= 11 is 0. The van der Waals surface area contributed by atoms with E-state index in [1.54, 1.807) is 18.3 Å². The Labute approximate surface area is 123 Å². The first-order chi connectivity index (χ1) is 10.2. The Hall–Kier alpha value is -2.42. The summed E-state index contributed by atoms with van der Waals surface area (Å²) in [4.78, 5) is 4.27. The Balaban J connectivity index is 1.80. The monoisotopic (exact) mass is 282 g/mol. The van der Waals surface area contributed by atoms with E-state index in [4.69, 9.17) is 5.26 Å². The Bertz CT molecular complexity index is 682. The normalized spacial score (nSPS) is 17.3. The third-order valence-corrected chi connectivity index (χ3v) is 3.76. The molecule has 2 aromatic rings. The summed E-state index contributed by atoms with van der Waals surface area (Å²) in [6.45, 7) is 5.07. The quantitative estimate of drug-likeness (QED) is 0.932. The lowest BCUT2D eigenvalue weighted by Gasteiger charge is -2.26. The molecule has 2 aromatic heterocycles. The van der Waals surface area contributed by atoms with E-state index in [9.17, 15) is 0 Å². The second-order valence-corrected chi connectivity index (χ2v) is 5.63. The van der Waals surface area contributed by atoms with Crippen molar-refractivity contribution >= 4 is 5.82 Å². The van der Waals surface area contributed by atoms with E-state index in [0.29, 0.717) is 17.3 Å². The maximum atomic E-state index is 9.13. The lowest BCUT2D eigenvalue weighted by molar-refractivity contribution is 0.458. The van der Waals surface area contributed by atoms with Crippen molar-refractivity contribution in [2.45, 2.75) is 45.2 Å². The van der Waals surface area contributed by atoms with Crippen LogP contribution < -0.4 is 5.32 Å². The highest BCUT2D eigenvalue weighted by Gasteiger charge is 2.24. The fraction of sp³-hybridized carbons (Fsp3) is 0.467. The molecule has 3 heterocycles. The molecule has 0 amide bonds. The molecule has 108 valence electrons. The Kier molecular flexibility index (Phi) is 3.57. The summed E-state index contributed by atoms with van der Waals surface area (Å²) in [5, 5.41) is 21.1. The van der Waals surface area contributed by atoms with Crippen LogP contribution in [0, 0.1) is 11.3 Å². The second kappa shape index (κ2) is 5.52. The van der Waals surface area contributed by atoms with Crippen LogP contribution in [0.5, 0.6) is 0 Å². The van der Waals surface area contributed by atoms with Crippen LogP contribution >= 0.6 is 0 Å². The first-order valence-corrected chi connectivity index (χ1v) is 7.22. The van der Waals surface area contributed by atoms with Crippen molar-refractivity contribution in [3.8, 4) is 6.07 Å². The highest BCUT2D eigenvalue weighted by Crippen LogP contribution is 2.22. The topological polar surface area (TPSA) is 79.4 Å². The molecule has 1 aliphatic heterocycles. The van der Waals surface area contributed by atoms with Crippen molar-refractivity contribution in [3.05, 3.63) is 35.5 Å². The lowest BCUT2D eigenvalue weighted by atomic mass is 10.1. The molecular formula is C15H18N6. The number of hydrogen-bond donors (Lipinski definition) is 1. The number of nitriles is 1. The van der Waals surface area contributed by atoms with Gasteiger partial charge in [0.25, 0.3) is 0 Å². The van der Waals surface area contributed by atoms with E-state index < -0.39 is 0 Å². The van der Waals surface area contributed by atoms with Gasteiger partial charge in [0.05, 0.1) is 5.56 Å². The van der Waals surface area contributed by atoms with Gasteiger partial charge in [-0.05, 0) is 18.6 Å². The average molecular weight is 282 g/mol. The summed E-state index contributed by atoms with van der Waals surface area (Å²) in [6, 6.07) is 5.97. The zero-order chi connectivity index (χ0) is 14.8. The zero-order valence-electron chi connectivity index (χ0n) is 12.2. The molecule has 0 aromatic carbocycles. The van der Waals surface area contributed by atoms with Gasteiger partial charge in [-0.2, -0.15) is 5.26 Å². The van der Waals surface area contributed by atoms with Crippen LogP contribution in [-0.2, 0) is 13.0 Å². The van der Waals surface area contributed by atoms with Gasteiger partial charge in [-0.1, -0.05) is 13.8 Å². The van der Waals surface area contributed by atoms with Crippen LogP contribution in [0.1, 0.15) is 43.4 Å². The smallest absolute Gasteiger partial charge is 0.144 e. The van der Waals surface area contributed by atoms with Crippen LogP contribution in [0.4, 0.5) is 5.82 Å². The van der Waals surface area contributed by atoms with Crippen LogP contribution in [0.3, 0.4) is 0 Å². The maximum absolute atomic E-state index is 9.13. The fourth-order valence-electron chi connectivity index (χ4n) is 2.70. The predicted molar refractivity (Wildman–Crippen MR) is 78.8 cm³/mol. The molecule has 6 heteroatoms. The van der Waals surface area contributed by atoms with E-state index in [2.05, 4.69) is 45.0 Å². The first kappa shape index (κ1) is 13.6. The predicted octanol–water partition coefficient (Wildman–Crippen LogP) is 2.10. The minimum Gasteiger partial charge on any atom is -0.364 e. The molecular weight excluding hydrogens is 264 g/mol. The minimum absolute atomic E-state index is 0.244. The van der Waals surface area contributed by atoms with Crippen LogP contribution in [-0.4, -0.2) is 25.8 Å². The van der Waals surface area contributed by atoms with Crippen molar-refractivity contribution in [1.82, 2.24) is 19.7 Å². The van der Waals surface area contributed by atoms with Gasteiger partial charge < -0.3 is 9.88 Å². The molecule has 6 nitrogen and oxygen atoms in total. The van der Waals surface area contributed by atoms with Gasteiger partial charge in [-0.15, -0.1) is 10.2 Å². The van der Waals surface area contributed by atoms with Crippen LogP contribution in [0.15, 0.2) is 18.3 Å². The molecule has 0 saturated carbocycles. The van der Waals surface area contributed by atoms with Crippen LogP contribution in [0.2, 0.25) is 0 Å². The molecule has 3 rings (SSSR count). The third kappa shape index (κ3) is 2.59. The number of nitrogens with zero attached hydrogens (tertiary/aromatic N) is 5. The van der Waals surface area contributed by atoms with Crippen molar-refractivity contribution in [3.63, 3.8) is 0 Å². The molecule has 0 bridgehead atoms. The number of pyridine rings is 1. The average Bonchev–Trinajstić information content (AvgIpc) is 2.91. The summed E-state index contributed by atoms with van der Waals surface area (Å²) in [7, 11) is 0. The summed E-state index contributed by atoms with van der Waals surface area (Å²) in [5.41, 5.74) is 0.580. The summed E-state index contributed by atoms with van der Waals surface area (Å²) in [6.07, 6.45) is 3.57. The van der Waals surface area contributed by atoms with E-state index in [-0.39, 0.29) is 6.04 Å². The minimum atomic E-state index is 0.244. The maximum Gasteiger partial charge on any atom is 0.144 e. The van der Waals surface area contributed by atoms with Gasteiger partial charge in [0.15, 0.2) is 0 Å². The van der Waals surface area contributed by atoms with Gasteiger partial charge in [0.1, 0.15) is 23.5 Å². The number of aromatic nitrogens is 4. The Morgan fingerprint density at radius 3 is 3.05 bits per heavy atom. The highest BCUT2D eigenvalue weighted by atomic mass is 15.3. The third-order valence-electron chi connectivity index (χ3n) is 3.76. The fourth-order valence-corrected chi connectivity index (χ4v) is 2.70. The summed E-state index contributed by atoms with van der Waals surface area (Å²) in [5.74, 6) is 3.10. The van der Waals surface area contributed by atoms with E-state index in [0.717, 1.165) is 31.0 Å². The molecule has 0 radical (unpaired) electrons. The largest absolute Gasteiger partial charge is 0.364 e. The molecule has 1 N–H and O–H groups in total. The number of aryl methyl sites for hydroxylation is 1. The van der Waals surface area contributed by atoms with Crippen LogP contribution in [0.25, 0.3) is 0 Å². The number of hydrogen-bond acceptors (Lipinski definition) is 5. The van der Waals surface area contributed by atoms with Crippen molar-refractivity contribution in [2.24, 2.45) is 0 Å². The molecule has 1 aliphatic rings. The molecule has 0 unspecified atom stereocenters. The molecule has 0 saturated heterocycles. The Morgan fingerprint density at radius 2 is 2.29 bits per heavy atom. The SMILES string of the molecule is CC(C)c1nnc2n1C[C@@H](Nc1ncccc1C#N)CC2. The van der Waals surface area contributed by atoms with Gasteiger partial charge in [-0.3, -0.25) is 0 Å². The van der Waals surface area contributed by atoms with E-state index in [1.807, 2.05) is 0 Å². The number of nitrogens with one attached hydrogen (secondary N) is 1. The highest BCUT2D eigenvalue weighted by molar-refractivity contribution is 5.51. The molecule has 21 heavy (non-hydrogen) atoms. The Morgan fingerprint density at radius 1 is 1.43 bits per heavy atom. The van der Waals surface area contributed by atoms with Crippen molar-refractivity contribution in [2.75, 3.05) is 5.32 Å². The molecule has 0 aliphatic carbocycles. The van der Waals surface area contributed by atoms with Crippen molar-refractivity contribution in [1.29, 1.82) is 5.26 Å². The number of anilines is 1. The molecule has 0 fully saturated rings. The second-order valence-electron chi connectivity index (χ2n) is 5.63. The summed E-state index contributed by atoms with van der Waals surface area (Å²) < 4.78 is 2.20. The van der Waals surface area contributed by atoms with Gasteiger partial charge >= 0.3 is 0 Å². The lowest BCUT2D eigenvalue weighted by Crippen LogP contribution is -2.32. The van der Waals surface area contributed by atoms with Gasteiger partial charge in [-0.25, -0.2) is 4.98 Å². The van der Waals surface area contributed by atoms with E-state index in [1.165, 1.54) is 0 Å². The number of rotatable bonds is 3. The molecule has 0 spiro atoms. The van der Waals surface area contributed by atoms with Crippen molar-refractivity contribution < 1.29 is 0 Å². The van der Waals surface area contributed by atoms with Gasteiger partial charge in [0.2, 0.25) is 0 Å². The standard InChI is InChI=1S/C15H18N6/c1-10(2)15-20-19-13-6-5-12(9-21(13)15)18-14-11(8-16)4-3-7-17-14/h3-4,7,10,12H,5-6,9H2,1-2H3,(H,17,18)/t12-/m0/s1. The zero-order valence-corrected chi connectivity index (χ0v) is 12.2. The number of fused-ring (bicyclic) bond motifs is 1.